The fourth-order valence-electron chi connectivity index (χ4n) is 2.40. The number of aromatic hydroxyl groups is 1. The molecule has 6 heteroatoms. The van der Waals surface area contributed by atoms with E-state index in [4.69, 9.17) is 4.52 Å². The van der Waals surface area contributed by atoms with Crippen molar-refractivity contribution in [3.05, 3.63) is 40.4 Å². The summed E-state index contributed by atoms with van der Waals surface area (Å²) in [5.41, 5.74) is 0.407. The summed E-state index contributed by atoms with van der Waals surface area (Å²) in [6, 6.07) is 7.20. The van der Waals surface area contributed by atoms with Crippen molar-refractivity contribution in [3.63, 3.8) is 0 Å². The molecule has 0 amide bonds. The Morgan fingerprint density at radius 3 is 2.71 bits per heavy atom. The molecule has 2 heterocycles. The van der Waals surface area contributed by atoms with Crippen molar-refractivity contribution in [3.8, 4) is 17.2 Å². The van der Waals surface area contributed by atoms with Crippen molar-refractivity contribution < 1.29 is 9.63 Å². The van der Waals surface area contributed by atoms with Gasteiger partial charge in [-0.2, -0.15) is 4.98 Å². The van der Waals surface area contributed by atoms with E-state index in [1.165, 1.54) is 0 Å². The van der Waals surface area contributed by atoms with Gasteiger partial charge in [0.15, 0.2) is 5.82 Å². The third-order valence-corrected chi connectivity index (χ3v) is 3.46. The quantitative estimate of drug-likeness (QED) is 0.798. The number of hydrogen-bond acceptors (Lipinski definition) is 5. The molecule has 0 spiro atoms. The largest absolute Gasteiger partial charge is 0.506 e. The van der Waals surface area contributed by atoms with Crippen LogP contribution in [-0.4, -0.2) is 19.8 Å². The van der Waals surface area contributed by atoms with E-state index in [2.05, 4.69) is 10.1 Å². The number of para-hydroxylation sites is 1. The van der Waals surface area contributed by atoms with E-state index in [0.717, 1.165) is 0 Å². The van der Waals surface area contributed by atoms with Crippen LogP contribution in [-0.2, 0) is 13.0 Å². The molecule has 0 bridgehead atoms. The zero-order valence-electron chi connectivity index (χ0n) is 11.8. The number of pyridine rings is 1. The van der Waals surface area contributed by atoms with Gasteiger partial charge in [-0.1, -0.05) is 24.2 Å². The van der Waals surface area contributed by atoms with Crippen molar-refractivity contribution in [2.24, 2.45) is 0 Å². The zero-order chi connectivity index (χ0) is 15.0. The molecule has 0 radical (unpaired) electrons. The van der Waals surface area contributed by atoms with Gasteiger partial charge < -0.3 is 14.2 Å². The van der Waals surface area contributed by atoms with Gasteiger partial charge in [0.25, 0.3) is 11.4 Å². The Labute approximate surface area is 120 Å². The highest BCUT2D eigenvalue weighted by atomic mass is 16.5. The standard InChI is InChI=1S/C15H15N3O3/c1-3-11-16-14(21-17-11)12-13(19)9-7-5-6-8-10(9)18(4-2)15(12)20/h5-8,19H,3-4H2,1-2H3. The second-order valence-electron chi connectivity index (χ2n) is 4.66. The predicted molar refractivity (Wildman–Crippen MR) is 78.2 cm³/mol. The van der Waals surface area contributed by atoms with Crippen molar-refractivity contribution in [1.82, 2.24) is 14.7 Å². The molecule has 21 heavy (non-hydrogen) atoms. The van der Waals surface area contributed by atoms with Gasteiger partial charge in [0, 0.05) is 18.4 Å². The smallest absolute Gasteiger partial charge is 0.267 e. The monoisotopic (exact) mass is 285 g/mol. The summed E-state index contributed by atoms with van der Waals surface area (Å²) in [5, 5.41) is 14.8. The summed E-state index contributed by atoms with van der Waals surface area (Å²) in [6.07, 6.45) is 0.597. The second kappa shape index (κ2) is 5.05. The van der Waals surface area contributed by atoms with Crippen LogP contribution in [0.5, 0.6) is 5.75 Å². The fraction of sp³-hybridized carbons (Fsp3) is 0.267. The highest BCUT2D eigenvalue weighted by molar-refractivity contribution is 5.90. The first kappa shape index (κ1) is 13.4. The Kier molecular flexibility index (Phi) is 3.21. The van der Waals surface area contributed by atoms with E-state index in [9.17, 15) is 9.90 Å². The van der Waals surface area contributed by atoms with Gasteiger partial charge in [-0.25, -0.2) is 0 Å². The highest BCUT2D eigenvalue weighted by Gasteiger charge is 2.21. The summed E-state index contributed by atoms with van der Waals surface area (Å²) in [6.45, 7) is 4.25. The number of benzene rings is 1. The van der Waals surface area contributed by atoms with E-state index >= 15 is 0 Å². The Morgan fingerprint density at radius 1 is 1.29 bits per heavy atom. The van der Waals surface area contributed by atoms with Crippen LogP contribution in [0.1, 0.15) is 19.7 Å². The van der Waals surface area contributed by atoms with Crippen LogP contribution in [0.3, 0.4) is 0 Å². The SMILES string of the molecule is CCc1noc(-c2c(O)c3ccccc3n(CC)c2=O)n1. The van der Waals surface area contributed by atoms with Crippen LogP contribution in [0.4, 0.5) is 0 Å². The molecular formula is C15H15N3O3. The fourth-order valence-corrected chi connectivity index (χ4v) is 2.40. The minimum Gasteiger partial charge on any atom is -0.506 e. The normalized spacial score (nSPS) is 11.1. The topological polar surface area (TPSA) is 81.2 Å². The molecule has 0 aliphatic rings. The molecule has 0 saturated heterocycles. The molecule has 0 atom stereocenters. The molecule has 3 rings (SSSR count). The van der Waals surface area contributed by atoms with Crippen molar-refractivity contribution in [2.45, 2.75) is 26.8 Å². The molecule has 108 valence electrons. The second-order valence-corrected chi connectivity index (χ2v) is 4.66. The predicted octanol–water partition coefficient (Wildman–Crippen LogP) is 2.34. The lowest BCUT2D eigenvalue weighted by atomic mass is 10.1. The van der Waals surface area contributed by atoms with Crippen LogP contribution in [0.25, 0.3) is 22.4 Å². The number of nitrogens with zero attached hydrogens (tertiary/aromatic N) is 3. The molecule has 6 nitrogen and oxygen atoms in total. The zero-order valence-corrected chi connectivity index (χ0v) is 11.8. The minimum absolute atomic E-state index is 0.0577. The van der Waals surface area contributed by atoms with Crippen LogP contribution in [0.2, 0.25) is 0 Å². The number of aryl methyl sites for hydroxylation is 2. The Bertz CT molecular complexity index is 864. The first-order valence-corrected chi connectivity index (χ1v) is 6.84. The van der Waals surface area contributed by atoms with Crippen molar-refractivity contribution >= 4 is 10.9 Å². The Morgan fingerprint density at radius 2 is 2.05 bits per heavy atom. The van der Waals surface area contributed by atoms with Crippen molar-refractivity contribution in [2.75, 3.05) is 0 Å². The van der Waals surface area contributed by atoms with Crippen LogP contribution in [0.15, 0.2) is 33.6 Å². The van der Waals surface area contributed by atoms with Gasteiger partial charge in [-0.3, -0.25) is 4.79 Å². The summed E-state index contributed by atoms with van der Waals surface area (Å²) < 4.78 is 6.70. The van der Waals surface area contributed by atoms with Gasteiger partial charge in [0.05, 0.1) is 5.52 Å². The number of fused-ring (bicyclic) bond motifs is 1. The first-order chi connectivity index (χ1) is 10.2. The van der Waals surface area contributed by atoms with Gasteiger partial charge >= 0.3 is 0 Å². The molecule has 1 aromatic carbocycles. The van der Waals surface area contributed by atoms with Gasteiger partial charge in [-0.05, 0) is 19.1 Å². The molecule has 2 aromatic heterocycles. The summed E-state index contributed by atoms with van der Waals surface area (Å²) >= 11 is 0. The van der Waals surface area contributed by atoms with E-state index < -0.39 is 0 Å². The maximum atomic E-state index is 12.6. The average Bonchev–Trinajstić information content (AvgIpc) is 2.97. The Balaban J connectivity index is 2.40. The van der Waals surface area contributed by atoms with E-state index in [0.29, 0.717) is 29.7 Å². The van der Waals surface area contributed by atoms with Gasteiger partial charge in [-0.15, -0.1) is 0 Å². The van der Waals surface area contributed by atoms with Gasteiger partial charge in [0.2, 0.25) is 0 Å². The van der Waals surface area contributed by atoms with E-state index in [1.54, 1.807) is 16.7 Å². The molecule has 1 N–H and O–H groups in total. The number of hydrogen-bond donors (Lipinski definition) is 1. The molecule has 0 saturated carbocycles. The third-order valence-electron chi connectivity index (χ3n) is 3.46. The van der Waals surface area contributed by atoms with Crippen LogP contribution in [0, 0.1) is 0 Å². The Hall–Kier alpha value is -2.63. The van der Waals surface area contributed by atoms with Crippen LogP contribution < -0.4 is 5.56 Å². The van der Waals surface area contributed by atoms with Gasteiger partial charge in [0.1, 0.15) is 11.3 Å². The molecule has 0 unspecified atom stereocenters. The van der Waals surface area contributed by atoms with E-state index in [-0.39, 0.29) is 22.8 Å². The first-order valence-electron chi connectivity index (χ1n) is 6.84. The molecule has 0 aliphatic heterocycles. The lowest BCUT2D eigenvalue weighted by Gasteiger charge is -2.11. The van der Waals surface area contributed by atoms with Crippen LogP contribution >= 0.6 is 0 Å². The molecule has 3 aromatic rings. The van der Waals surface area contributed by atoms with E-state index in [1.807, 2.05) is 26.0 Å². The summed E-state index contributed by atoms with van der Waals surface area (Å²) in [4.78, 5) is 16.8. The average molecular weight is 285 g/mol. The maximum Gasteiger partial charge on any atom is 0.267 e. The lowest BCUT2D eigenvalue weighted by Crippen LogP contribution is -2.21. The number of aromatic nitrogens is 3. The minimum atomic E-state index is -0.333. The molecule has 0 fully saturated rings. The summed E-state index contributed by atoms with van der Waals surface area (Å²) in [7, 11) is 0. The maximum absolute atomic E-state index is 12.6. The third kappa shape index (κ3) is 1.99. The lowest BCUT2D eigenvalue weighted by molar-refractivity contribution is 0.417. The van der Waals surface area contributed by atoms with Crippen molar-refractivity contribution in [1.29, 1.82) is 0 Å². The molecule has 0 aliphatic carbocycles. The number of rotatable bonds is 3. The molecular weight excluding hydrogens is 270 g/mol. The highest BCUT2D eigenvalue weighted by Crippen LogP contribution is 2.32. The summed E-state index contributed by atoms with van der Waals surface area (Å²) in [5.74, 6) is 0.439.